The van der Waals surface area contributed by atoms with Crippen LogP contribution in [0.15, 0.2) is 18.0 Å². The molecule has 0 N–H and O–H groups in total. The average Bonchev–Trinajstić information content (AvgIpc) is 2.62. The Morgan fingerprint density at radius 3 is 3.36 bits per heavy atom. The van der Waals surface area contributed by atoms with Gasteiger partial charge >= 0.3 is 0 Å². The normalized spacial score (nSPS) is 23.5. The lowest BCUT2D eigenvalue weighted by molar-refractivity contribution is 0.261. The SMILES string of the molecule is Cc1ccnc2c1C=C1OCCC1C2. The molecule has 1 aliphatic heterocycles. The molecule has 3 rings (SSSR count). The summed E-state index contributed by atoms with van der Waals surface area (Å²) < 4.78 is 5.60. The summed E-state index contributed by atoms with van der Waals surface area (Å²) in [6.07, 6.45) is 6.30. The van der Waals surface area contributed by atoms with Crippen LogP contribution in [-0.4, -0.2) is 11.6 Å². The van der Waals surface area contributed by atoms with Crippen LogP contribution in [0.1, 0.15) is 23.2 Å². The first-order valence-corrected chi connectivity index (χ1v) is 5.13. The molecule has 0 spiro atoms. The quantitative estimate of drug-likeness (QED) is 0.622. The van der Waals surface area contributed by atoms with Crippen LogP contribution in [0.4, 0.5) is 0 Å². The number of hydrogen-bond acceptors (Lipinski definition) is 2. The van der Waals surface area contributed by atoms with Gasteiger partial charge < -0.3 is 4.74 Å². The van der Waals surface area contributed by atoms with E-state index in [9.17, 15) is 0 Å². The molecule has 0 saturated carbocycles. The Bertz CT molecular complexity index is 409. The fourth-order valence-corrected chi connectivity index (χ4v) is 2.30. The summed E-state index contributed by atoms with van der Waals surface area (Å²) in [5, 5.41) is 0. The number of nitrogens with zero attached hydrogens (tertiary/aromatic N) is 1. The minimum Gasteiger partial charge on any atom is -0.498 e. The first kappa shape index (κ1) is 8.04. The second kappa shape index (κ2) is 2.84. The van der Waals surface area contributed by atoms with Crippen molar-refractivity contribution >= 4 is 6.08 Å². The smallest absolute Gasteiger partial charge is 0.100 e. The molecule has 1 atom stereocenters. The van der Waals surface area contributed by atoms with Crippen LogP contribution in [0.25, 0.3) is 6.08 Å². The van der Waals surface area contributed by atoms with E-state index >= 15 is 0 Å². The van der Waals surface area contributed by atoms with Crippen molar-refractivity contribution in [2.45, 2.75) is 19.8 Å². The fourth-order valence-electron chi connectivity index (χ4n) is 2.30. The van der Waals surface area contributed by atoms with E-state index in [4.69, 9.17) is 4.74 Å². The number of allylic oxidation sites excluding steroid dienone is 1. The van der Waals surface area contributed by atoms with Crippen LogP contribution in [0.2, 0.25) is 0 Å². The number of aromatic nitrogens is 1. The van der Waals surface area contributed by atoms with Gasteiger partial charge in [-0.05, 0) is 31.1 Å². The molecule has 1 fully saturated rings. The molecule has 1 aromatic rings. The Morgan fingerprint density at radius 1 is 1.50 bits per heavy atom. The number of hydrogen-bond donors (Lipinski definition) is 0. The highest BCUT2D eigenvalue weighted by Crippen LogP contribution is 2.35. The minimum absolute atomic E-state index is 0.594. The highest BCUT2D eigenvalue weighted by atomic mass is 16.5. The van der Waals surface area contributed by atoms with Crippen LogP contribution < -0.4 is 0 Å². The molecule has 14 heavy (non-hydrogen) atoms. The summed E-state index contributed by atoms with van der Waals surface area (Å²) in [4.78, 5) is 4.44. The van der Waals surface area contributed by atoms with Crippen molar-refractivity contribution in [2.75, 3.05) is 6.61 Å². The molecule has 1 saturated heterocycles. The predicted molar refractivity (Wildman–Crippen MR) is 54.7 cm³/mol. The molecule has 0 amide bonds. The largest absolute Gasteiger partial charge is 0.498 e. The molecular formula is C12H13NO. The zero-order chi connectivity index (χ0) is 9.54. The monoisotopic (exact) mass is 187 g/mol. The highest BCUT2D eigenvalue weighted by Gasteiger charge is 2.28. The van der Waals surface area contributed by atoms with Crippen molar-refractivity contribution in [3.8, 4) is 0 Å². The molecular weight excluding hydrogens is 174 g/mol. The van der Waals surface area contributed by atoms with Crippen LogP contribution in [0.5, 0.6) is 0 Å². The van der Waals surface area contributed by atoms with Gasteiger partial charge in [0, 0.05) is 29.8 Å². The molecule has 0 radical (unpaired) electrons. The third-order valence-corrected chi connectivity index (χ3v) is 3.15. The molecule has 0 aromatic carbocycles. The molecule has 2 heterocycles. The highest BCUT2D eigenvalue weighted by molar-refractivity contribution is 5.60. The van der Waals surface area contributed by atoms with Gasteiger partial charge in [0.25, 0.3) is 0 Å². The summed E-state index contributed by atoms with van der Waals surface area (Å²) in [5.74, 6) is 1.77. The molecule has 1 aromatic heterocycles. The molecule has 0 bridgehead atoms. The zero-order valence-electron chi connectivity index (χ0n) is 8.29. The molecule has 2 aliphatic rings. The van der Waals surface area contributed by atoms with Crippen LogP contribution in [-0.2, 0) is 11.2 Å². The Hall–Kier alpha value is -1.31. The third-order valence-electron chi connectivity index (χ3n) is 3.15. The van der Waals surface area contributed by atoms with Gasteiger partial charge in [0.1, 0.15) is 5.76 Å². The van der Waals surface area contributed by atoms with Crippen molar-refractivity contribution in [2.24, 2.45) is 5.92 Å². The van der Waals surface area contributed by atoms with Gasteiger partial charge in [-0.3, -0.25) is 4.98 Å². The van der Waals surface area contributed by atoms with Gasteiger partial charge in [-0.1, -0.05) is 0 Å². The first-order valence-electron chi connectivity index (χ1n) is 5.13. The number of ether oxygens (including phenoxy) is 1. The van der Waals surface area contributed by atoms with E-state index in [0.29, 0.717) is 5.92 Å². The molecule has 2 nitrogen and oxygen atoms in total. The van der Waals surface area contributed by atoms with Gasteiger partial charge in [-0.25, -0.2) is 0 Å². The Labute approximate surface area is 83.6 Å². The van der Waals surface area contributed by atoms with Crippen LogP contribution >= 0.6 is 0 Å². The second-order valence-electron chi connectivity index (χ2n) is 4.07. The standard InChI is InChI=1S/C12H13NO/c1-8-2-4-13-11-6-9-3-5-14-12(9)7-10(8)11/h2,4,7,9H,3,5-6H2,1H3. The van der Waals surface area contributed by atoms with E-state index in [1.165, 1.54) is 22.6 Å². The topological polar surface area (TPSA) is 22.1 Å². The predicted octanol–water partition coefficient (Wildman–Crippen LogP) is 2.32. The van der Waals surface area contributed by atoms with E-state index in [0.717, 1.165) is 19.4 Å². The number of pyridine rings is 1. The van der Waals surface area contributed by atoms with Crippen LogP contribution in [0.3, 0.4) is 0 Å². The van der Waals surface area contributed by atoms with E-state index in [1.54, 1.807) is 0 Å². The van der Waals surface area contributed by atoms with E-state index in [2.05, 4.69) is 24.1 Å². The van der Waals surface area contributed by atoms with Crippen molar-refractivity contribution in [1.82, 2.24) is 4.98 Å². The van der Waals surface area contributed by atoms with Gasteiger partial charge in [-0.15, -0.1) is 0 Å². The first-order chi connectivity index (χ1) is 6.84. The van der Waals surface area contributed by atoms with Gasteiger partial charge in [-0.2, -0.15) is 0 Å². The van der Waals surface area contributed by atoms with Crippen LogP contribution in [0, 0.1) is 12.8 Å². The summed E-state index contributed by atoms with van der Waals surface area (Å²) in [6, 6.07) is 2.06. The lowest BCUT2D eigenvalue weighted by Gasteiger charge is -2.18. The summed E-state index contributed by atoms with van der Waals surface area (Å²) in [7, 11) is 0. The fraction of sp³-hybridized carbons (Fsp3) is 0.417. The van der Waals surface area contributed by atoms with E-state index in [1.807, 2.05) is 6.20 Å². The van der Waals surface area contributed by atoms with Gasteiger partial charge in [0.2, 0.25) is 0 Å². The van der Waals surface area contributed by atoms with E-state index in [-0.39, 0.29) is 0 Å². The molecule has 72 valence electrons. The maximum atomic E-state index is 5.60. The Morgan fingerprint density at radius 2 is 2.43 bits per heavy atom. The summed E-state index contributed by atoms with van der Waals surface area (Å²) >= 11 is 0. The Kier molecular flexibility index (Phi) is 1.63. The van der Waals surface area contributed by atoms with Crippen molar-refractivity contribution in [1.29, 1.82) is 0 Å². The lowest BCUT2D eigenvalue weighted by atomic mass is 9.89. The second-order valence-corrected chi connectivity index (χ2v) is 4.07. The summed E-state index contributed by atoms with van der Waals surface area (Å²) in [5.41, 5.74) is 3.82. The maximum Gasteiger partial charge on any atom is 0.100 e. The average molecular weight is 187 g/mol. The molecule has 2 heteroatoms. The van der Waals surface area contributed by atoms with Crippen molar-refractivity contribution in [3.63, 3.8) is 0 Å². The summed E-state index contributed by atoms with van der Waals surface area (Å²) in [6.45, 7) is 3.01. The number of rotatable bonds is 0. The Balaban J connectivity index is 2.14. The lowest BCUT2D eigenvalue weighted by Crippen LogP contribution is -2.11. The van der Waals surface area contributed by atoms with Crippen molar-refractivity contribution < 1.29 is 4.74 Å². The van der Waals surface area contributed by atoms with Crippen molar-refractivity contribution in [3.05, 3.63) is 34.8 Å². The van der Waals surface area contributed by atoms with Gasteiger partial charge in [0.15, 0.2) is 0 Å². The minimum atomic E-state index is 0.594. The van der Waals surface area contributed by atoms with Gasteiger partial charge in [0.05, 0.1) is 6.61 Å². The third kappa shape index (κ3) is 1.07. The molecule has 1 unspecified atom stereocenters. The maximum absolute atomic E-state index is 5.60. The zero-order valence-corrected chi connectivity index (χ0v) is 8.29. The molecule has 1 aliphatic carbocycles. The number of aryl methyl sites for hydroxylation is 1. The van der Waals surface area contributed by atoms with E-state index < -0.39 is 0 Å². The number of fused-ring (bicyclic) bond motifs is 2.